The maximum absolute atomic E-state index is 13.8. The van der Waals surface area contributed by atoms with Crippen molar-refractivity contribution < 1.29 is 18.3 Å². The average molecular weight is 317 g/mol. The molecule has 1 aromatic carbocycles. The van der Waals surface area contributed by atoms with Crippen LogP contribution in [0.3, 0.4) is 0 Å². The number of esters is 1. The molecule has 0 bridgehead atoms. The monoisotopic (exact) mass is 316 g/mol. The number of halogens is 3. The van der Waals surface area contributed by atoms with Gasteiger partial charge in [0, 0.05) is 24.4 Å². The predicted octanol–water partition coefficient (Wildman–Crippen LogP) is 3.22. The zero-order chi connectivity index (χ0) is 15.6. The minimum atomic E-state index is -0.768. The number of hydrogen-bond acceptors (Lipinski definition) is 3. The topological polar surface area (TPSA) is 44.1 Å². The third kappa shape index (κ3) is 3.00. The van der Waals surface area contributed by atoms with Crippen LogP contribution in [-0.2, 0) is 16.0 Å². The maximum atomic E-state index is 13.8. The number of imidazole rings is 1. The lowest BCUT2D eigenvalue weighted by atomic mass is 10.2. The summed E-state index contributed by atoms with van der Waals surface area (Å²) in [5.41, 5.74) is 0.237. The molecule has 2 rings (SSSR count). The second-order valence-electron chi connectivity index (χ2n) is 4.52. The fourth-order valence-electron chi connectivity index (χ4n) is 2.23. The fraction of sp³-hybridized carbons (Fsp3) is 0.429. The van der Waals surface area contributed by atoms with Crippen LogP contribution >= 0.6 is 11.6 Å². The number of carbonyl (C=O) groups excluding carboxylic acids is 1. The Kier molecular flexibility index (Phi) is 4.77. The molecule has 0 saturated heterocycles. The van der Waals surface area contributed by atoms with Gasteiger partial charge in [-0.2, -0.15) is 0 Å². The number of hydrogen-bond donors (Lipinski definition) is 0. The Morgan fingerprint density at radius 1 is 1.48 bits per heavy atom. The number of alkyl halides is 1. The van der Waals surface area contributed by atoms with E-state index in [1.807, 2.05) is 0 Å². The van der Waals surface area contributed by atoms with Crippen molar-refractivity contribution in [3.05, 3.63) is 29.6 Å². The van der Waals surface area contributed by atoms with Crippen molar-refractivity contribution in [3.8, 4) is 0 Å². The second-order valence-corrected chi connectivity index (χ2v) is 4.90. The van der Waals surface area contributed by atoms with E-state index in [2.05, 4.69) is 4.98 Å². The normalized spacial score (nSPS) is 12.6. The quantitative estimate of drug-likeness (QED) is 0.628. The number of benzene rings is 1. The average Bonchev–Trinajstić information content (AvgIpc) is 2.77. The zero-order valence-electron chi connectivity index (χ0n) is 11.7. The Morgan fingerprint density at radius 3 is 2.81 bits per heavy atom. The second kappa shape index (κ2) is 6.39. The summed E-state index contributed by atoms with van der Waals surface area (Å²) >= 11 is 5.71. The van der Waals surface area contributed by atoms with Crippen molar-refractivity contribution in [1.82, 2.24) is 9.55 Å². The standard InChI is InChI=1S/C14H15ClF2N2O2/c1-3-21-14(20)8(2)19-11-7-9(16)6-10(17)13(11)18-12(19)4-5-15/h6-8H,3-5H2,1-2H3. The number of rotatable bonds is 5. The van der Waals surface area contributed by atoms with Gasteiger partial charge in [0.25, 0.3) is 0 Å². The third-order valence-corrected chi connectivity index (χ3v) is 3.31. The van der Waals surface area contributed by atoms with Crippen LogP contribution in [0.5, 0.6) is 0 Å². The van der Waals surface area contributed by atoms with E-state index in [4.69, 9.17) is 16.3 Å². The van der Waals surface area contributed by atoms with Crippen molar-refractivity contribution in [1.29, 1.82) is 0 Å². The summed E-state index contributed by atoms with van der Waals surface area (Å²) < 4.78 is 33.7. The Hall–Kier alpha value is -1.69. The van der Waals surface area contributed by atoms with Crippen LogP contribution in [0.15, 0.2) is 12.1 Å². The molecule has 0 saturated carbocycles. The summed E-state index contributed by atoms with van der Waals surface area (Å²) in [6.45, 7) is 3.51. The summed E-state index contributed by atoms with van der Waals surface area (Å²) in [6, 6.07) is 1.17. The first kappa shape index (κ1) is 15.7. The molecule has 114 valence electrons. The summed E-state index contributed by atoms with van der Waals surface area (Å²) in [7, 11) is 0. The molecular weight excluding hydrogens is 302 g/mol. The SMILES string of the molecule is CCOC(=O)C(C)n1c(CCCl)nc2c(F)cc(F)cc21. The lowest BCUT2D eigenvalue weighted by Gasteiger charge is -2.16. The highest BCUT2D eigenvalue weighted by Gasteiger charge is 2.24. The number of aryl methyl sites for hydroxylation is 1. The van der Waals surface area contributed by atoms with Crippen LogP contribution in [-0.4, -0.2) is 28.0 Å². The highest BCUT2D eigenvalue weighted by Crippen LogP contribution is 2.25. The Morgan fingerprint density at radius 2 is 2.19 bits per heavy atom. The largest absolute Gasteiger partial charge is 0.464 e. The predicted molar refractivity (Wildman–Crippen MR) is 75.4 cm³/mol. The molecule has 7 heteroatoms. The van der Waals surface area contributed by atoms with Crippen molar-refractivity contribution in [2.45, 2.75) is 26.3 Å². The van der Waals surface area contributed by atoms with Gasteiger partial charge in [-0.3, -0.25) is 0 Å². The molecule has 1 unspecified atom stereocenters. The van der Waals surface area contributed by atoms with E-state index in [0.29, 0.717) is 12.2 Å². The summed E-state index contributed by atoms with van der Waals surface area (Å²) in [5, 5.41) is 0. The van der Waals surface area contributed by atoms with Gasteiger partial charge in [-0.15, -0.1) is 11.6 Å². The number of nitrogens with zero attached hydrogens (tertiary/aromatic N) is 2. The van der Waals surface area contributed by atoms with Gasteiger partial charge in [-0.25, -0.2) is 18.6 Å². The molecular formula is C14H15ClF2N2O2. The van der Waals surface area contributed by atoms with Gasteiger partial charge in [0.1, 0.15) is 23.2 Å². The van der Waals surface area contributed by atoms with Crippen molar-refractivity contribution in [2.24, 2.45) is 0 Å². The van der Waals surface area contributed by atoms with Gasteiger partial charge in [0.15, 0.2) is 5.82 Å². The minimum Gasteiger partial charge on any atom is -0.464 e. The number of fused-ring (bicyclic) bond motifs is 1. The van der Waals surface area contributed by atoms with E-state index in [9.17, 15) is 13.6 Å². The van der Waals surface area contributed by atoms with E-state index in [1.54, 1.807) is 13.8 Å². The van der Waals surface area contributed by atoms with E-state index in [0.717, 1.165) is 12.1 Å². The van der Waals surface area contributed by atoms with Crippen molar-refractivity contribution >= 4 is 28.6 Å². The fourth-order valence-corrected chi connectivity index (χ4v) is 2.40. The molecule has 0 aliphatic heterocycles. The van der Waals surface area contributed by atoms with Crippen molar-refractivity contribution in [3.63, 3.8) is 0 Å². The lowest BCUT2D eigenvalue weighted by Crippen LogP contribution is -2.21. The number of carbonyl (C=O) groups is 1. The first-order chi connectivity index (χ1) is 9.99. The Labute approximate surface area is 125 Å². The van der Waals surface area contributed by atoms with E-state index < -0.39 is 23.6 Å². The van der Waals surface area contributed by atoms with Crippen LogP contribution in [0.4, 0.5) is 8.78 Å². The molecule has 1 heterocycles. The summed E-state index contributed by atoms with van der Waals surface area (Å²) in [4.78, 5) is 16.1. The molecule has 4 nitrogen and oxygen atoms in total. The van der Waals surface area contributed by atoms with Gasteiger partial charge in [0.05, 0.1) is 12.1 Å². The van der Waals surface area contributed by atoms with E-state index in [1.165, 1.54) is 4.57 Å². The molecule has 2 aromatic rings. The molecule has 0 fully saturated rings. The summed E-state index contributed by atoms with van der Waals surface area (Å²) in [6.07, 6.45) is 0.334. The van der Waals surface area contributed by atoms with Gasteiger partial charge in [0.2, 0.25) is 0 Å². The van der Waals surface area contributed by atoms with Gasteiger partial charge < -0.3 is 9.30 Å². The van der Waals surface area contributed by atoms with Gasteiger partial charge >= 0.3 is 5.97 Å². The van der Waals surface area contributed by atoms with Crippen LogP contribution in [0.2, 0.25) is 0 Å². The van der Waals surface area contributed by atoms with E-state index >= 15 is 0 Å². The molecule has 0 N–H and O–H groups in total. The van der Waals surface area contributed by atoms with Crippen LogP contribution in [0, 0.1) is 11.6 Å². The number of ether oxygens (including phenoxy) is 1. The highest BCUT2D eigenvalue weighted by atomic mass is 35.5. The van der Waals surface area contributed by atoms with Crippen molar-refractivity contribution in [2.75, 3.05) is 12.5 Å². The Balaban J connectivity index is 2.63. The van der Waals surface area contributed by atoms with Gasteiger partial charge in [-0.05, 0) is 13.8 Å². The molecule has 0 aliphatic carbocycles. The number of aromatic nitrogens is 2. The third-order valence-electron chi connectivity index (χ3n) is 3.12. The molecule has 0 aliphatic rings. The van der Waals surface area contributed by atoms with Crippen LogP contribution in [0.25, 0.3) is 11.0 Å². The van der Waals surface area contributed by atoms with E-state index in [-0.39, 0.29) is 23.5 Å². The maximum Gasteiger partial charge on any atom is 0.328 e. The molecule has 21 heavy (non-hydrogen) atoms. The van der Waals surface area contributed by atoms with Crippen LogP contribution in [0.1, 0.15) is 25.7 Å². The first-order valence-corrected chi connectivity index (χ1v) is 7.11. The smallest absolute Gasteiger partial charge is 0.328 e. The molecule has 1 aromatic heterocycles. The molecule has 0 radical (unpaired) electrons. The first-order valence-electron chi connectivity index (χ1n) is 6.58. The highest BCUT2D eigenvalue weighted by molar-refractivity contribution is 6.17. The molecule has 0 amide bonds. The zero-order valence-corrected chi connectivity index (χ0v) is 12.5. The van der Waals surface area contributed by atoms with Crippen LogP contribution < -0.4 is 0 Å². The molecule has 0 spiro atoms. The van der Waals surface area contributed by atoms with Gasteiger partial charge in [-0.1, -0.05) is 0 Å². The minimum absolute atomic E-state index is 0.0210. The molecule has 1 atom stereocenters. The lowest BCUT2D eigenvalue weighted by molar-refractivity contribution is -0.146. The summed E-state index contributed by atoms with van der Waals surface area (Å²) in [5.74, 6) is -1.31. The Bertz CT molecular complexity index is 673.